The Morgan fingerprint density at radius 2 is 1.12 bits per heavy atom. The lowest BCUT2D eigenvalue weighted by Crippen LogP contribution is -2.11. The van der Waals surface area contributed by atoms with Crippen molar-refractivity contribution in [1.29, 1.82) is 0 Å². The van der Waals surface area contributed by atoms with E-state index in [9.17, 15) is 4.79 Å². The summed E-state index contributed by atoms with van der Waals surface area (Å²) >= 11 is 0. The van der Waals surface area contributed by atoms with Gasteiger partial charge in [0.05, 0.1) is 7.11 Å². The lowest BCUT2D eigenvalue weighted by molar-refractivity contribution is -0.116. The molecule has 1 rings (SSSR count). The molecule has 184 valence electrons. The highest BCUT2D eigenvalue weighted by molar-refractivity contribution is 5.90. The van der Waals surface area contributed by atoms with E-state index >= 15 is 0 Å². The Balaban J connectivity index is 1.78. The molecule has 0 radical (unpaired) electrons. The number of carbonyl (C=O) groups excluding carboxylic acids is 1. The maximum Gasteiger partial charge on any atom is 0.224 e. The summed E-state index contributed by atoms with van der Waals surface area (Å²) in [6, 6.07) is 7.53. The van der Waals surface area contributed by atoms with Crippen molar-refractivity contribution in [1.82, 2.24) is 0 Å². The SMILES string of the molecule is CCCCCCCCCCCCCCCCCCCCCC(=O)Nc1cccc(OC)c1. The van der Waals surface area contributed by atoms with E-state index in [0.29, 0.717) is 6.42 Å². The summed E-state index contributed by atoms with van der Waals surface area (Å²) in [7, 11) is 1.64. The highest BCUT2D eigenvalue weighted by Gasteiger charge is 2.03. The van der Waals surface area contributed by atoms with Gasteiger partial charge in [-0.25, -0.2) is 0 Å². The first-order valence-electron chi connectivity index (χ1n) is 13.7. The van der Waals surface area contributed by atoms with Crippen LogP contribution in [0.1, 0.15) is 135 Å². The lowest BCUT2D eigenvalue weighted by Gasteiger charge is -2.07. The van der Waals surface area contributed by atoms with Gasteiger partial charge >= 0.3 is 0 Å². The number of amides is 1. The molecule has 0 saturated heterocycles. The fourth-order valence-electron chi connectivity index (χ4n) is 4.29. The van der Waals surface area contributed by atoms with Gasteiger partial charge in [-0.1, -0.05) is 129 Å². The van der Waals surface area contributed by atoms with Crippen LogP contribution < -0.4 is 10.1 Å². The molecular weight excluding hydrogens is 394 g/mol. The second kappa shape index (κ2) is 21.3. The average molecular weight is 446 g/mol. The van der Waals surface area contributed by atoms with Crippen LogP contribution in [-0.4, -0.2) is 13.0 Å². The number of rotatable bonds is 22. The summed E-state index contributed by atoms with van der Waals surface area (Å²) in [6.07, 6.45) is 26.7. The minimum atomic E-state index is 0.102. The minimum absolute atomic E-state index is 0.102. The van der Waals surface area contributed by atoms with Crippen molar-refractivity contribution in [2.45, 2.75) is 135 Å². The molecule has 1 amide bonds. The van der Waals surface area contributed by atoms with Gasteiger partial charge in [-0.05, 0) is 18.6 Å². The van der Waals surface area contributed by atoms with E-state index in [1.165, 1.54) is 109 Å². The molecule has 0 atom stereocenters. The molecule has 3 heteroatoms. The summed E-state index contributed by atoms with van der Waals surface area (Å²) in [4.78, 5) is 12.0. The summed E-state index contributed by atoms with van der Waals surface area (Å²) in [6.45, 7) is 2.29. The van der Waals surface area contributed by atoms with E-state index in [4.69, 9.17) is 4.74 Å². The molecule has 0 spiro atoms. The molecular formula is C29H51NO2. The van der Waals surface area contributed by atoms with Crippen molar-refractivity contribution in [3.63, 3.8) is 0 Å². The zero-order valence-electron chi connectivity index (χ0n) is 21.3. The fraction of sp³-hybridized carbons (Fsp3) is 0.759. The van der Waals surface area contributed by atoms with Crippen LogP contribution in [0.3, 0.4) is 0 Å². The Labute approximate surface area is 199 Å². The monoisotopic (exact) mass is 445 g/mol. The van der Waals surface area contributed by atoms with Gasteiger partial charge in [-0.2, -0.15) is 0 Å². The third kappa shape index (κ3) is 17.1. The number of hydrogen-bond acceptors (Lipinski definition) is 2. The highest BCUT2D eigenvalue weighted by Crippen LogP contribution is 2.18. The van der Waals surface area contributed by atoms with Gasteiger partial charge in [0.25, 0.3) is 0 Å². The fourth-order valence-corrected chi connectivity index (χ4v) is 4.29. The molecule has 1 N–H and O–H groups in total. The molecule has 0 saturated carbocycles. The van der Waals surface area contributed by atoms with Crippen molar-refractivity contribution in [2.75, 3.05) is 12.4 Å². The second-order valence-corrected chi connectivity index (χ2v) is 9.39. The molecule has 0 fully saturated rings. The van der Waals surface area contributed by atoms with Crippen LogP contribution in [0.4, 0.5) is 5.69 Å². The smallest absolute Gasteiger partial charge is 0.224 e. The molecule has 0 aliphatic heterocycles. The van der Waals surface area contributed by atoms with Crippen molar-refractivity contribution in [3.05, 3.63) is 24.3 Å². The predicted molar refractivity (Wildman–Crippen MR) is 140 cm³/mol. The number of ether oxygens (including phenoxy) is 1. The number of hydrogen-bond donors (Lipinski definition) is 1. The van der Waals surface area contributed by atoms with Crippen molar-refractivity contribution in [2.24, 2.45) is 0 Å². The molecule has 1 aromatic rings. The van der Waals surface area contributed by atoms with Crippen LogP contribution in [0.2, 0.25) is 0 Å². The number of anilines is 1. The molecule has 32 heavy (non-hydrogen) atoms. The second-order valence-electron chi connectivity index (χ2n) is 9.39. The molecule has 0 aliphatic rings. The van der Waals surface area contributed by atoms with E-state index in [0.717, 1.165) is 24.3 Å². The molecule has 0 bridgehead atoms. The number of methoxy groups -OCH3 is 1. The Kier molecular flexibility index (Phi) is 19.0. The zero-order chi connectivity index (χ0) is 23.1. The van der Waals surface area contributed by atoms with Crippen LogP contribution in [0.15, 0.2) is 24.3 Å². The maximum atomic E-state index is 12.0. The minimum Gasteiger partial charge on any atom is -0.497 e. The van der Waals surface area contributed by atoms with Gasteiger partial charge in [0, 0.05) is 18.2 Å². The van der Waals surface area contributed by atoms with Crippen LogP contribution in [0.5, 0.6) is 5.75 Å². The first kappa shape index (κ1) is 28.5. The third-order valence-electron chi connectivity index (χ3n) is 6.36. The van der Waals surface area contributed by atoms with Crippen LogP contribution >= 0.6 is 0 Å². The van der Waals surface area contributed by atoms with E-state index in [1.807, 2.05) is 24.3 Å². The summed E-state index contributed by atoms with van der Waals surface area (Å²) in [5.41, 5.74) is 0.812. The standard InChI is InChI=1S/C29H51NO2/c1-3-4-5-6-7-8-9-10-11-12-13-14-15-16-17-18-19-20-21-25-29(31)30-27-23-22-24-28(26-27)32-2/h22-24,26H,3-21,25H2,1-2H3,(H,30,31). The van der Waals surface area contributed by atoms with E-state index in [1.54, 1.807) is 7.11 Å². The number of benzene rings is 1. The molecule has 0 unspecified atom stereocenters. The van der Waals surface area contributed by atoms with E-state index in [2.05, 4.69) is 12.2 Å². The van der Waals surface area contributed by atoms with Gasteiger partial charge in [0.15, 0.2) is 0 Å². The van der Waals surface area contributed by atoms with Crippen molar-refractivity contribution in [3.8, 4) is 5.75 Å². The van der Waals surface area contributed by atoms with Gasteiger partial charge < -0.3 is 10.1 Å². The molecule has 1 aromatic carbocycles. The van der Waals surface area contributed by atoms with Crippen LogP contribution in [0.25, 0.3) is 0 Å². The highest BCUT2D eigenvalue weighted by atomic mass is 16.5. The molecule has 0 aromatic heterocycles. The Morgan fingerprint density at radius 1 is 0.688 bits per heavy atom. The van der Waals surface area contributed by atoms with Crippen molar-refractivity contribution < 1.29 is 9.53 Å². The topological polar surface area (TPSA) is 38.3 Å². The van der Waals surface area contributed by atoms with Gasteiger partial charge in [0.1, 0.15) is 5.75 Å². The lowest BCUT2D eigenvalue weighted by atomic mass is 10.0. The molecule has 3 nitrogen and oxygen atoms in total. The number of unbranched alkanes of at least 4 members (excludes halogenated alkanes) is 18. The molecule has 0 heterocycles. The van der Waals surface area contributed by atoms with Crippen LogP contribution in [0, 0.1) is 0 Å². The first-order valence-corrected chi connectivity index (χ1v) is 13.7. The average Bonchev–Trinajstić information content (AvgIpc) is 2.80. The van der Waals surface area contributed by atoms with Gasteiger partial charge in [-0.15, -0.1) is 0 Å². The summed E-state index contributed by atoms with van der Waals surface area (Å²) in [5, 5.41) is 2.96. The van der Waals surface area contributed by atoms with Crippen LogP contribution in [-0.2, 0) is 4.79 Å². The Bertz CT molecular complexity index is 558. The Morgan fingerprint density at radius 3 is 1.56 bits per heavy atom. The largest absolute Gasteiger partial charge is 0.497 e. The third-order valence-corrected chi connectivity index (χ3v) is 6.36. The first-order chi connectivity index (χ1) is 15.8. The Hall–Kier alpha value is -1.51. The van der Waals surface area contributed by atoms with E-state index in [-0.39, 0.29) is 5.91 Å². The van der Waals surface area contributed by atoms with Crippen molar-refractivity contribution >= 4 is 11.6 Å². The maximum absolute atomic E-state index is 12.0. The normalized spacial score (nSPS) is 10.9. The van der Waals surface area contributed by atoms with Gasteiger partial charge in [-0.3, -0.25) is 4.79 Å². The predicted octanol–water partition coefficient (Wildman–Crippen LogP) is 9.46. The van der Waals surface area contributed by atoms with Gasteiger partial charge in [0.2, 0.25) is 5.91 Å². The number of nitrogens with one attached hydrogen (secondary N) is 1. The summed E-state index contributed by atoms with van der Waals surface area (Å²) < 4.78 is 5.19. The zero-order valence-corrected chi connectivity index (χ0v) is 21.3. The summed E-state index contributed by atoms with van der Waals surface area (Å²) in [5.74, 6) is 0.872. The quantitative estimate of drug-likeness (QED) is 0.180. The van der Waals surface area contributed by atoms with E-state index < -0.39 is 0 Å². The molecule has 0 aliphatic carbocycles. The number of carbonyl (C=O) groups is 1.